The molecular weight excluding hydrogens is 799 g/mol. The molecule has 0 unspecified atom stereocenters. The van der Waals surface area contributed by atoms with Gasteiger partial charge < -0.3 is 9.47 Å². The molecule has 3 heteroatoms. The molecule has 9 aromatic carbocycles. The average molecular weight is 846 g/mol. The summed E-state index contributed by atoms with van der Waals surface area (Å²) in [4.78, 5) is 7.93. The SMILES string of the molecule is CC1(C)c2ccccc2-c2ccc(N(c3ccc4c(c3)C(C)(C)c3ccccc3-4)c3cccc4c5ccc(-c6nc7ccccc7cc6-c6ccccc6)cc5n(-c5ccccc5)c34)cc21. The van der Waals surface area contributed by atoms with Crippen LogP contribution in [-0.2, 0) is 10.8 Å². The van der Waals surface area contributed by atoms with Crippen LogP contribution in [0.3, 0.4) is 0 Å². The summed E-state index contributed by atoms with van der Waals surface area (Å²) in [5, 5.41) is 3.51. The highest BCUT2D eigenvalue weighted by Crippen LogP contribution is 2.54. The lowest BCUT2D eigenvalue weighted by Gasteiger charge is -2.30. The molecule has 0 atom stereocenters. The molecule has 0 saturated heterocycles. The van der Waals surface area contributed by atoms with Crippen molar-refractivity contribution in [1.82, 2.24) is 9.55 Å². The minimum atomic E-state index is -0.161. The van der Waals surface area contributed by atoms with E-state index in [9.17, 15) is 0 Å². The third kappa shape index (κ3) is 5.59. The van der Waals surface area contributed by atoms with Crippen molar-refractivity contribution >= 4 is 49.8 Å². The van der Waals surface area contributed by atoms with Gasteiger partial charge in [0.1, 0.15) is 0 Å². The van der Waals surface area contributed by atoms with Crippen molar-refractivity contribution in [3.8, 4) is 50.3 Å². The first-order chi connectivity index (χ1) is 32.3. The maximum Gasteiger partial charge on any atom is 0.0788 e. The summed E-state index contributed by atoms with van der Waals surface area (Å²) < 4.78 is 2.49. The molecule has 13 rings (SSSR count). The van der Waals surface area contributed by atoms with E-state index < -0.39 is 0 Å². The lowest BCUT2D eigenvalue weighted by Crippen LogP contribution is -2.18. The summed E-state index contributed by atoms with van der Waals surface area (Å²) in [6, 6.07) is 78.3. The van der Waals surface area contributed by atoms with Gasteiger partial charge in [0.25, 0.3) is 0 Å². The molecule has 0 radical (unpaired) electrons. The van der Waals surface area contributed by atoms with Crippen LogP contribution in [0.2, 0.25) is 0 Å². The Balaban J connectivity index is 1.09. The molecule has 3 nitrogen and oxygen atoms in total. The van der Waals surface area contributed by atoms with Gasteiger partial charge in [-0.2, -0.15) is 0 Å². The summed E-state index contributed by atoms with van der Waals surface area (Å²) in [5.41, 5.74) is 22.4. The van der Waals surface area contributed by atoms with Gasteiger partial charge in [0.05, 0.1) is 27.9 Å². The van der Waals surface area contributed by atoms with Crippen LogP contribution in [0, 0.1) is 0 Å². The lowest BCUT2D eigenvalue weighted by molar-refractivity contribution is 0.660. The molecule has 0 saturated carbocycles. The first-order valence-corrected chi connectivity index (χ1v) is 23.1. The summed E-state index contributed by atoms with van der Waals surface area (Å²) >= 11 is 0. The first-order valence-electron chi connectivity index (χ1n) is 23.1. The van der Waals surface area contributed by atoms with Crippen LogP contribution >= 0.6 is 0 Å². The fourth-order valence-corrected chi connectivity index (χ4v) is 11.5. The van der Waals surface area contributed by atoms with E-state index in [4.69, 9.17) is 4.98 Å². The van der Waals surface area contributed by atoms with Crippen molar-refractivity contribution in [3.05, 3.63) is 235 Å². The Kier molecular flexibility index (Phi) is 8.30. The van der Waals surface area contributed by atoms with Crippen molar-refractivity contribution in [1.29, 1.82) is 0 Å². The molecular formula is C63H47N3. The number of nitrogens with zero attached hydrogens (tertiary/aromatic N) is 3. The molecule has 0 amide bonds. The van der Waals surface area contributed by atoms with Crippen LogP contribution in [0.5, 0.6) is 0 Å². The van der Waals surface area contributed by atoms with E-state index in [0.29, 0.717) is 0 Å². The van der Waals surface area contributed by atoms with Crippen molar-refractivity contribution in [3.63, 3.8) is 0 Å². The Morgan fingerprint density at radius 3 is 1.65 bits per heavy atom. The van der Waals surface area contributed by atoms with Crippen LogP contribution in [0.4, 0.5) is 17.1 Å². The zero-order chi connectivity index (χ0) is 44.3. The number of fused-ring (bicyclic) bond motifs is 10. The molecule has 0 spiro atoms. The van der Waals surface area contributed by atoms with Gasteiger partial charge in [-0.3, -0.25) is 0 Å². The second kappa shape index (κ2) is 14.2. The smallest absolute Gasteiger partial charge is 0.0788 e. The van der Waals surface area contributed by atoms with E-state index in [2.05, 4.69) is 249 Å². The van der Waals surface area contributed by atoms with E-state index in [1.807, 2.05) is 0 Å². The highest BCUT2D eigenvalue weighted by atomic mass is 15.2. The first kappa shape index (κ1) is 38.4. The normalized spacial score (nSPS) is 14.0. The third-order valence-electron chi connectivity index (χ3n) is 14.8. The maximum absolute atomic E-state index is 5.40. The van der Waals surface area contributed by atoms with Gasteiger partial charge in [0.2, 0.25) is 0 Å². The number of hydrogen-bond donors (Lipinski definition) is 0. The zero-order valence-electron chi connectivity index (χ0n) is 37.5. The van der Waals surface area contributed by atoms with Crippen molar-refractivity contribution < 1.29 is 0 Å². The van der Waals surface area contributed by atoms with Crippen molar-refractivity contribution in [2.75, 3.05) is 4.90 Å². The monoisotopic (exact) mass is 845 g/mol. The van der Waals surface area contributed by atoms with Crippen molar-refractivity contribution in [2.45, 2.75) is 38.5 Å². The molecule has 2 aromatic heterocycles. The van der Waals surface area contributed by atoms with Crippen LogP contribution in [0.25, 0.3) is 83.0 Å². The van der Waals surface area contributed by atoms with Gasteiger partial charge in [-0.05, 0) is 111 Å². The molecule has 314 valence electrons. The van der Waals surface area contributed by atoms with Crippen LogP contribution < -0.4 is 4.90 Å². The van der Waals surface area contributed by atoms with Gasteiger partial charge in [-0.1, -0.05) is 179 Å². The van der Waals surface area contributed by atoms with Crippen LogP contribution in [0.1, 0.15) is 49.9 Å². The van der Waals surface area contributed by atoms with E-state index >= 15 is 0 Å². The number of pyridine rings is 1. The average Bonchev–Trinajstić information content (AvgIpc) is 3.91. The zero-order valence-corrected chi connectivity index (χ0v) is 37.5. The fraction of sp³-hybridized carbons (Fsp3) is 0.0952. The number of para-hydroxylation sites is 3. The minimum absolute atomic E-state index is 0.161. The number of rotatable bonds is 6. The topological polar surface area (TPSA) is 21.1 Å². The van der Waals surface area contributed by atoms with E-state index in [1.165, 1.54) is 55.3 Å². The summed E-state index contributed by atoms with van der Waals surface area (Å²) in [7, 11) is 0. The highest BCUT2D eigenvalue weighted by Gasteiger charge is 2.38. The summed E-state index contributed by atoms with van der Waals surface area (Å²) in [5.74, 6) is 0. The van der Waals surface area contributed by atoms with Crippen LogP contribution in [-0.4, -0.2) is 9.55 Å². The second-order valence-electron chi connectivity index (χ2n) is 19.2. The molecule has 0 fully saturated rings. The number of benzene rings is 9. The molecule has 2 aliphatic rings. The third-order valence-corrected chi connectivity index (χ3v) is 14.8. The standard InChI is InChI=1S/C63H47N3/c1-62(2)53-26-14-12-23-46(53)48-34-31-44(38-55(48)62)65(45-32-35-49-47-24-13-15-27-54(47)63(3,4)56(49)39-45)58-29-17-25-51-50-33-30-42(37-59(50)66(61(51)58)43-21-9-6-10-22-43)60-52(40-18-7-5-8-19-40)36-41-20-11-16-28-57(41)64-60/h5-39H,1-4H3. The maximum atomic E-state index is 5.40. The Morgan fingerprint density at radius 2 is 0.985 bits per heavy atom. The Labute approximate surface area is 385 Å². The Bertz CT molecular complexity index is 3650. The quantitative estimate of drug-likeness (QED) is 0.166. The Morgan fingerprint density at radius 1 is 0.409 bits per heavy atom. The molecule has 2 aliphatic carbocycles. The number of aromatic nitrogens is 2. The molecule has 0 N–H and O–H groups in total. The Hall–Kier alpha value is -8.01. The van der Waals surface area contributed by atoms with Crippen molar-refractivity contribution in [2.24, 2.45) is 0 Å². The predicted molar refractivity (Wildman–Crippen MR) is 277 cm³/mol. The molecule has 0 bridgehead atoms. The molecule has 66 heavy (non-hydrogen) atoms. The largest absolute Gasteiger partial charge is 0.308 e. The van der Waals surface area contributed by atoms with Crippen LogP contribution in [0.15, 0.2) is 212 Å². The molecule has 0 aliphatic heterocycles. The van der Waals surface area contributed by atoms with Gasteiger partial charge in [-0.15, -0.1) is 0 Å². The second-order valence-corrected chi connectivity index (χ2v) is 19.2. The number of hydrogen-bond acceptors (Lipinski definition) is 2. The van der Waals surface area contributed by atoms with E-state index in [-0.39, 0.29) is 10.8 Å². The highest BCUT2D eigenvalue weighted by molar-refractivity contribution is 6.15. The van der Waals surface area contributed by atoms with E-state index in [1.54, 1.807) is 0 Å². The predicted octanol–water partition coefficient (Wildman–Crippen LogP) is 16.7. The van der Waals surface area contributed by atoms with Gasteiger partial charge >= 0.3 is 0 Å². The van der Waals surface area contributed by atoms with E-state index in [0.717, 1.165) is 67.1 Å². The molecule has 2 heterocycles. The molecule has 11 aromatic rings. The van der Waals surface area contributed by atoms with Gasteiger partial charge in [0, 0.05) is 55.2 Å². The summed E-state index contributed by atoms with van der Waals surface area (Å²) in [6.45, 7) is 9.50. The fourth-order valence-electron chi connectivity index (χ4n) is 11.5. The minimum Gasteiger partial charge on any atom is -0.308 e. The number of anilines is 3. The van der Waals surface area contributed by atoms with Gasteiger partial charge in [0.15, 0.2) is 0 Å². The van der Waals surface area contributed by atoms with Gasteiger partial charge in [-0.25, -0.2) is 4.98 Å². The summed E-state index contributed by atoms with van der Waals surface area (Å²) in [6.07, 6.45) is 0. The lowest BCUT2D eigenvalue weighted by atomic mass is 9.82.